The highest BCUT2D eigenvalue weighted by Crippen LogP contribution is 2.49. The Morgan fingerprint density at radius 2 is 1.74 bits per heavy atom. The molecule has 134 valence electrons. The zero-order valence-corrected chi connectivity index (χ0v) is 15.7. The van der Waals surface area contributed by atoms with Crippen molar-refractivity contribution in [1.29, 1.82) is 0 Å². The van der Waals surface area contributed by atoms with Crippen LogP contribution in [0.3, 0.4) is 0 Å². The van der Waals surface area contributed by atoms with Gasteiger partial charge in [0, 0.05) is 25.2 Å². The van der Waals surface area contributed by atoms with Crippen molar-refractivity contribution in [3.63, 3.8) is 0 Å². The molecule has 1 amide bonds. The molecule has 5 nitrogen and oxygen atoms in total. The molecule has 0 aromatic rings. The number of halogens is 1. The number of carboxylic acid groups (broad SMARTS) is 1. The fourth-order valence-corrected chi connectivity index (χ4v) is 4.45. The summed E-state index contributed by atoms with van der Waals surface area (Å²) < 4.78 is 0. The molecule has 0 aromatic heterocycles. The lowest BCUT2D eigenvalue weighted by atomic mass is 9.81. The van der Waals surface area contributed by atoms with E-state index in [2.05, 4.69) is 4.90 Å². The molecule has 0 spiro atoms. The minimum Gasteiger partial charge on any atom is -0.481 e. The number of hydrogen-bond donors (Lipinski definition) is 1. The predicted octanol–water partition coefficient (Wildman–Crippen LogP) is 2.63. The molecule has 2 rings (SSSR count). The summed E-state index contributed by atoms with van der Waals surface area (Å²) in [7, 11) is 0. The summed E-state index contributed by atoms with van der Waals surface area (Å²) in [6.07, 6.45) is 2.72. The van der Waals surface area contributed by atoms with E-state index in [1.807, 2.05) is 39.5 Å². The van der Waals surface area contributed by atoms with Crippen molar-refractivity contribution >= 4 is 24.3 Å². The molecule has 0 aromatic carbocycles. The molecule has 23 heavy (non-hydrogen) atoms. The van der Waals surface area contributed by atoms with Crippen LogP contribution in [0.25, 0.3) is 0 Å². The summed E-state index contributed by atoms with van der Waals surface area (Å²) >= 11 is 0. The van der Waals surface area contributed by atoms with Crippen molar-refractivity contribution in [2.45, 2.75) is 72.0 Å². The maximum atomic E-state index is 12.8. The molecule has 3 atom stereocenters. The third-order valence-electron chi connectivity index (χ3n) is 5.60. The number of carbonyl (C=O) groups excluding carboxylic acids is 1. The highest BCUT2D eigenvalue weighted by molar-refractivity contribution is 5.85. The molecule has 1 N–H and O–H groups in total. The van der Waals surface area contributed by atoms with Gasteiger partial charge in [0.1, 0.15) is 0 Å². The maximum absolute atomic E-state index is 12.8. The van der Waals surface area contributed by atoms with Gasteiger partial charge in [0.2, 0.25) is 5.91 Å². The van der Waals surface area contributed by atoms with E-state index in [1.165, 1.54) is 0 Å². The van der Waals surface area contributed by atoms with E-state index in [1.54, 1.807) is 0 Å². The molecular formula is C17H31ClN2O3. The molecule has 1 aliphatic heterocycles. The Balaban J connectivity index is 0.00000264. The first-order valence-electron chi connectivity index (χ1n) is 8.50. The van der Waals surface area contributed by atoms with Crippen LogP contribution < -0.4 is 0 Å². The summed E-state index contributed by atoms with van der Waals surface area (Å²) in [6.45, 7) is 11.3. The van der Waals surface area contributed by atoms with Crippen molar-refractivity contribution in [1.82, 2.24) is 9.80 Å². The average molecular weight is 347 g/mol. The Bertz CT molecular complexity index is 447. The molecule has 2 fully saturated rings. The first-order chi connectivity index (χ1) is 10.2. The summed E-state index contributed by atoms with van der Waals surface area (Å²) in [5.74, 6) is -0.362. The van der Waals surface area contributed by atoms with Crippen LogP contribution in [-0.4, -0.2) is 58.0 Å². The molecule has 1 saturated carbocycles. The van der Waals surface area contributed by atoms with Crippen molar-refractivity contribution in [2.24, 2.45) is 11.3 Å². The summed E-state index contributed by atoms with van der Waals surface area (Å²) in [6, 6.07) is 0.0719. The van der Waals surface area contributed by atoms with Gasteiger partial charge in [-0.25, -0.2) is 0 Å². The Hall–Kier alpha value is -0.810. The van der Waals surface area contributed by atoms with E-state index in [4.69, 9.17) is 0 Å². The fourth-order valence-electron chi connectivity index (χ4n) is 4.45. The van der Waals surface area contributed by atoms with Crippen LogP contribution in [0.5, 0.6) is 0 Å². The second-order valence-corrected chi connectivity index (χ2v) is 7.59. The molecule has 1 heterocycles. The number of rotatable bonds is 5. The predicted molar refractivity (Wildman–Crippen MR) is 92.8 cm³/mol. The fraction of sp³-hybridized carbons (Fsp3) is 0.882. The third-order valence-corrected chi connectivity index (χ3v) is 5.60. The zero-order valence-electron chi connectivity index (χ0n) is 14.9. The zero-order chi connectivity index (χ0) is 16.7. The lowest BCUT2D eigenvalue weighted by Crippen LogP contribution is -2.52. The molecule has 0 bridgehead atoms. The smallest absolute Gasteiger partial charge is 0.311 e. The van der Waals surface area contributed by atoms with Crippen molar-refractivity contribution in [2.75, 3.05) is 13.1 Å². The first-order valence-corrected chi connectivity index (χ1v) is 8.50. The molecule has 0 radical (unpaired) electrons. The van der Waals surface area contributed by atoms with Crippen LogP contribution >= 0.6 is 12.4 Å². The first kappa shape index (κ1) is 20.2. The SMILES string of the molecule is CC(C(=O)N(C(C)C)C(C)C)N1C[C@@H]2CCC[C@@]2(C(=O)O)C1.Cl. The molecular weight excluding hydrogens is 316 g/mol. The van der Waals surface area contributed by atoms with Crippen molar-refractivity contribution in [3.8, 4) is 0 Å². The van der Waals surface area contributed by atoms with Gasteiger partial charge in [-0.05, 0) is 53.4 Å². The number of hydrogen-bond acceptors (Lipinski definition) is 3. The minimum atomic E-state index is -0.679. The van der Waals surface area contributed by atoms with Crippen LogP contribution in [0.4, 0.5) is 0 Å². The van der Waals surface area contributed by atoms with Crippen LogP contribution in [0.15, 0.2) is 0 Å². The van der Waals surface area contributed by atoms with Crippen LogP contribution in [0.2, 0.25) is 0 Å². The Morgan fingerprint density at radius 3 is 2.17 bits per heavy atom. The second-order valence-electron chi connectivity index (χ2n) is 7.59. The number of carbonyl (C=O) groups is 2. The van der Waals surface area contributed by atoms with E-state index in [0.717, 1.165) is 25.8 Å². The highest BCUT2D eigenvalue weighted by atomic mass is 35.5. The molecule has 1 aliphatic carbocycles. The lowest BCUT2D eigenvalue weighted by molar-refractivity contribution is -0.150. The number of amides is 1. The molecule has 1 unspecified atom stereocenters. The van der Waals surface area contributed by atoms with Gasteiger partial charge >= 0.3 is 5.97 Å². The molecule has 2 aliphatic rings. The van der Waals surface area contributed by atoms with Gasteiger partial charge in [0.05, 0.1) is 11.5 Å². The number of nitrogens with zero attached hydrogens (tertiary/aromatic N) is 2. The van der Waals surface area contributed by atoms with E-state index >= 15 is 0 Å². The summed E-state index contributed by atoms with van der Waals surface area (Å²) in [4.78, 5) is 28.6. The maximum Gasteiger partial charge on any atom is 0.311 e. The quantitative estimate of drug-likeness (QED) is 0.831. The molecule has 1 saturated heterocycles. The van der Waals surface area contributed by atoms with Gasteiger partial charge in [-0.15, -0.1) is 12.4 Å². The summed E-state index contributed by atoms with van der Waals surface area (Å²) in [5, 5.41) is 9.68. The van der Waals surface area contributed by atoms with Gasteiger partial charge in [0.15, 0.2) is 0 Å². The van der Waals surface area contributed by atoms with E-state index in [9.17, 15) is 14.7 Å². The van der Waals surface area contributed by atoms with E-state index < -0.39 is 11.4 Å². The van der Waals surface area contributed by atoms with E-state index in [0.29, 0.717) is 6.54 Å². The van der Waals surface area contributed by atoms with Crippen molar-refractivity contribution in [3.05, 3.63) is 0 Å². The number of carboxylic acids is 1. The van der Waals surface area contributed by atoms with Gasteiger partial charge in [-0.3, -0.25) is 14.5 Å². The van der Waals surface area contributed by atoms with Gasteiger partial charge in [-0.2, -0.15) is 0 Å². The Kier molecular flexibility index (Phi) is 6.50. The standard InChI is InChI=1S/C17H30N2O3.ClH/c1-11(2)19(12(3)4)15(20)13(5)18-9-14-7-6-8-17(14,10-18)16(21)22;/h11-14H,6-10H2,1-5H3,(H,21,22);1H/t13?,14-,17+;/m0./s1. The Morgan fingerprint density at radius 1 is 1.17 bits per heavy atom. The summed E-state index contributed by atoms with van der Waals surface area (Å²) in [5.41, 5.74) is -0.616. The van der Waals surface area contributed by atoms with Gasteiger partial charge < -0.3 is 10.0 Å². The van der Waals surface area contributed by atoms with Gasteiger partial charge in [0.25, 0.3) is 0 Å². The number of likely N-dealkylation sites (tertiary alicyclic amines) is 1. The van der Waals surface area contributed by atoms with Gasteiger partial charge in [-0.1, -0.05) is 6.42 Å². The third kappa shape index (κ3) is 3.50. The minimum absolute atomic E-state index is 0. The normalized spacial score (nSPS) is 28.6. The number of fused-ring (bicyclic) bond motifs is 1. The second kappa shape index (κ2) is 7.39. The topological polar surface area (TPSA) is 60.9 Å². The van der Waals surface area contributed by atoms with Crippen LogP contribution in [0.1, 0.15) is 53.9 Å². The largest absolute Gasteiger partial charge is 0.481 e. The van der Waals surface area contributed by atoms with Crippen molar-refractivity contribution < 1.29 is 14.7 Å². The van der Waals surface area contributed by atoms with Crippen LogP contribution in [-0.2, 0) is 9.59 Å². The average Bonchev–Trinajstić information content (AvgIpc) is 2.93. The van der Waals surface area contributed by atoms with Crippen LogP contribution in [0, 0.1) is 11.3 Å². The lowest BCUT2D eigenvalue weighted by Gasteiger charge is -2.36. The number of aliphatic carboxylic acids is 1. The van der Waals surface area contributed by atoms with E-state index in [-0.39, 0.29) is 42.4 Å². The highest BCUT2D eigenvalue weighted by Gasteiger charge is 2.56. The Labute approximate surface area is 145 Å². The molecule has 6 heteroatoms. The monoisotopic (exact) mass is 346 g/mol.